The molecule has 0 fully saturated rings. The van der Waals surface area contributed by atoms with Crippen molar-refractivity contribution in [3.8, 4) is 0 Å². The third kappa shape index (κ3) is 3.26. The summed E-state index contributed by atoms with van der Waals surface area (Å²) in [6.45, 7) is 1.98. The summed E-state index contributed by atoms with van der Waals surface area (Å²) in [6, 6.07) is 18.4. The molecule has 1 heterocycles. The highest BCUT2D eigenvalue weighted by molar-refractivity contribution is 6.05. The van der Waals surface area contributed by atoms with Gasteiger partial charge in [-0.15, -0.1) is 0 Å². The molecular formula is C25H23NO4. The average Bonchev–Trinajstić information content (AvgIpc) is 3.05. The molecule has 0 N–H and O–H groups in total. The summed E-state index contributed by atoms with van der Waals surface area (Å²) in [5.74, 6) is -0.755. The Morgan fingerprint density at radius 1 is 1.03 bits per heavy atom. The van der Waals surface area contributed by atoms with E-state index in [9.17, 15) is 14.4 Å². The van der Waals surface area contributed by atoms with Crippen molar-refractivity contribution in [2.24, 2.45) is 0 Å². The van der Waals surface area contributed by atoms with Crippen molar-refractivity contribution in [3.63, 3.8) is 0 Å². The van der Waals surface area contributed by atoms with E-state index in [1.165, 1.54) is 7.11 Å². The Balaban J connectivity index is 1.90. The third-order valence-corrected chi connectivity index (χ3v) is 5.94. The van der Waals surface area contributed by atoms with Gasteiger partial charge in [-0.2, -0.15) is 0 Å². The number of methoxy groups -OCH3 is 1. The highest BCUT2D eigenvalue weighted by Gasteiger charge is 2.50. The van der Waals surface area contributed by atoms with Crippen LogP contribution in [0.25, 0.3) is 0 Å². The normalized spacial score (nSPS) is 20.7. The second-order valence-electron chi connectivity index (χ2n) is 7.71. The molecule has 0 spiro atoms. The van der Waals surface area contributed by atoms with Crippen LogP contribution in [0.5, 0.6) is 0 Å². The summed E-state index contributed by atoms with van der Waals surface area (Å²) in [7, 11) is 1.33. The Bertz CT molecular complexity index is 1070. The standard InChI is InChI=1S/C25H23NO4/c1-17-21-16-26(23(28)19-11-7-4-8-12-19)25(24(29)30-2,15-20(21)13-22(17)27)14-18-9-5-3-6-10-18/h3-12,15H,13-14,16H2,1-2H3/t25-/m1/s1. The van der Waals surface area contributed by atoms with E-state index in [1.54, 1.807) is 42.2 Å². The molecule has 0 saturated carbocycles. The van der Waals surface area contributed by atoms with Gasteiger partial charge >= 0.3 is 5.97 Å². The number of carbonyl (C=O) groups is 3. The predicted octanol–water partition coefficient (Wildman–Crippen LogP) is 3.51. The van der Waals surface area contributed by atoms with Crippen molar-refractivity contribution in [3.05, 3.63) is 94.6 Å². The molecule has 2 aliphatic rings. The molecule has 0 saturated heterocycles. The summed E-state index contributed by atoms with van der Waals surface area (Å²) in [5.41, 5.74) is 2.36. The van der Waals surface area contributed by atoms with E-state index >= 15 is 0 Å². The van der Waals surface area contributed by atoms with Crippen LogP contribution in [-0.4, -0.2) is 41.8 Å². The topological polar surface area (TPSA) is 63.7 Å². The maximum absolute atomic E-state index is 13.6. The molecule has 5 heteroatoms. The van der Waals surface area contributed by atoms with Gasteiger partial charge in [-0.05, 0) is 47.4 Å². The lowest BCUT2D eigenvalue weighted by Crippen LogP contribution is -2.60. The zero-order valence-electron chi connectivity index (χ0n) is 17.1. The molecule has 0 radical (unpaired) electrons. The smallest absolute Gasteiger partial charge is 0.336 e. The number of benzene rings is 2. The van der Waals surface area contributed by atoms with Gasteiger partial charge < -0.3 is 9.64 Å². The van der Waals surface area contributed by atoms with Crippen LogP contribution in [0.1, 0.15) is 29.3 Å². The van der Waals surface area contributed by atoms with E-state index in [2.05, 4.69) is 0 Å². The van der Waals surface area contributed by atoms with Gasteiger partial charge in [-0.1, -0.05) is 48.5 Å². The molecule has 0 bridgehead atoms. The summed E-state index contributed by atoms with van der Waals surface area (Å²) in [6.07, 6.45) is 2.30. The number of ether oxygens (including phenoxy) is 1. The molecule has 4 rings (SSSR count). The lowest BCUT2D eigenvalue weighted by Gasteiger charge is -2.43. The summed E-state index contributed by atoms with van der Waals surface area (Å²) in [5, 5.41) is 0. The number of esters is 1. The molecule has 5 nitrogen and oxygen atoms in total. The minimum atomic E-state index is -1.33. The van der Waals surface area contributed by atoms with Crippen LogP contribution in [0.2, 0.25) is 0 Å². The lowest BCUT2D eigenvalue weighted by atomic mass is 9.81. The first-order valence-electron chi connectivity index (χ1n) is 9.90. The molecule has 0 aromatic heterocycles. The van der Waals surface area contributed by atoms with Crippen LogP contribution in [-0.2, 0) is 20.7 Å². The average molecular weight is 401 g/mol. The number of amides is 1. The van der Waals surface area contributed by atoms with Crippen LogP contribution in [0, 0.1) is 0 Å². The molecule has 2 aromatic rings. The van der Waals surface area contributed by atoms with Gasteiger partial charge in [0.25, 0.3) is 5.91 Å². The largest absolute Gasteiger partial charge is 0.467 e. The van der Waals surface area contributed by atoms with Gasteiger partial charge in [0, 0.05) is 24.9 Å². The van der Waals surface area contributed by atoms with E-state index in [-0.39, 0.29) is 31.1 Å². The summed E-state index contributed by atoms with van der Waals surface area (Å²) >= 11 is 0. The number of carbonyl (C=O) groups excluding carboxylic acids is 3. The fourth-order valence-corrected chi connectivity index (χ4v) is 4.31. The Labute approximate surface area is 175 Å². The fraction of sp³-hybridized carbons (Fsp3) is 0.240. The molecule has 1 amide bonds. The molecule has 30 heavy (non-hydrogen) atoms. The fourth-order valence-electron chi connectivity index (χ4n) is 4.31. The molecule has 2 aromatic carbocycles. The zero-order valence-corrected chi connectivity index (χ0v) is 17.1. The molecule has 1 aliphatic heterocycles. The van der Waals surface area contributed by atoms with Crippen molar-refractivity contribution in [2.75, 3.05) is 13.7 Å². The van der Waals surface area contributed by atoms with Crippen LogP contribution in [0.15, 0.2) is 83.5 Å². The van der Waals surface area contributed by atoms with E-state index < -0.39 is 11.5 Å². The third-order valence-electron chi connectivity index (χ3n) is 5.94. The Morgan fingerprint density at radius 3 is 2.30 bits per heavy atom. The van der Waals surface area contributed by atoms with Crippen molar-refractivity contribution < 1.29 is 19.1 Å². The van der Waals surface area contributed by atoms with Crippen molar-refractivity contribution in [2.45, 2.75) is 25.3 Å². The number of hydrogen-bond donors (Lipinski definition) is 0. The van der Waals surface area contributed by atoms with Crippen molar-refractivity contribution in [1.29, 1.82) is 0 Å². The number of allylic oxidation sites excluding steroid dienone is 1. The highest BCUT2D eigenvalue weighted by Crippen LogP contribution is 2.40. The maximum Gasteiger partial charge on any atom is 0.336 e. The van der Waals surface area contributed by atoms with Crippen LogP contribution in [0.4, 0.5) is 0 Å². The Kier molecular flexibility index (Phi) is 5.12. The first-order valence-corrected chi connectivity index (χ1v) is 9.90. The monoisotopic (exact) mass is 401 g/mol. The minimum Gasteiger partial charge on any atom is -0.467 e. The number of fused-ring (bicyclic) bond motifs is 1. The van der Waals surface area contributed by atoms with E-state index in [4.69, 9.17) is 4.74 Å². The van der Waals surface area contributed by atoms with Crippen molar-refractivity contribution >= 4 is 17.7 Å². The SMILES string of the molecule is COC(=O)[C@@]1(Cc2ccccc2)C=C2CC(=O)C(C)=C2CN1C(=O)c1ccccc1. The molecule has 152 valence electrons. The number of nitrogens with zero attached hydrogens (tertiary/aromatic N) is 1. The number of Topliss-reactive ketones (excluding diaryl/α,β-unsaturated/α-hetero) is 1. The van der Waals surface area contributed by atoms with E-state index in [0.717, 1.165) is 16.7 Å². The summed E-state index contributed by atoms with van der Waals surface area (Å²) < 4.78 is 5.21. The van der Waals surface area contributed by atoms with Crippen LogP contribution in [0.3, 0.4) is 0 Å². The van der Waals surface area contributed by atoms with E-state index in [0.29, 0.717) is 11.1 Å². The number of ketones is 1. The lowest BCUT2D eigenvalue weighted by molar-refractivity contribution is -0.150. The van der Waals surface area contributed by atoms with Gasteiger partial charge in [-0.3, -0.25) is 9.59 Å². The van der Waals surface area contributed by atoms with Gasteiger partial charge in [0.15, 0.2) is 11.3 Å². The highest BCUT2D eigenvalue weighted by atomic mass is 16.5. The Morgan fingerprint density at radius 2 is 1.67 bits per heavy atom. The quantitative estimate of drug-likeness (QED) is 0.736. The van der Waals surface area contributed by atoms with Crippen LogP contribution >= 0.6 is 0 Å². The van der Waals surface area contributed by atoms with Crippen molar-refractivity contribution in [1.82, 2.24) is 4.90 Å². The van der Waals surface area contributed by atoms with Gasteiger partial charge in [0.2, 0.25) is 0 Å². The first kappa shape index (κ1) is 19.8. The summed E-state index contributed by atoms with van der Waals surface area (Å²) in [4.78, 5) is 40.7. The number of hydrogen-bond acceptors (Lipinski definition) is 4. The molecule has 1 atom stereocenters. The minimum absolute atomic E-state index is 0.0312. The zero-order chi connectivity index (χ0) is 21.3. The molecule has 0 unspecified atom stereocenters. The maximum atomic E-state index is 13.6. The van der Waals surface area contributed by atoms with Crippen LogP contribution < -0.4 is 0 Å². The second kappa shape index (κ2) is 7.75. The van der Waals surface area contributed by atoms with Gasteiger partial charge in [0.05, 0.1) is 7.11 Å². The first-order chi connectivity index (χ1) is 14.5. The molecular weight excluding hydrogens is 378 g/mol. The second-order valence-corrected chi connectivity index (χ2v) is 7.71. The predicted molar refractivity (Wildman–Crippen MR) is 113 cm³/mol. The Hall–Kier alpha value is -3.47. The van der Waals surface area contributed by atoms with Gasteiger partial charge in [-0.25, -0.2) is 4.79 Å². The number of rotatable bonds is 4. The van der Waals surface area contributed by atoms with Gasteiger partial charge in [0.1, 0.15) is 0 Å². The van der Waals surface area contributed by atoms with E-state index in [1.807, 2.05) is 36.4 Å². The molecule has 1 aliphatic carbocycles.